The van der Waals surface area contributed by atoms with Gasteiger partial charge in [0, 0.05) is 16.4 Å². The van der Waals surface area contributed by atoms with Crippen molar-refractivity contribution >= 4 is 24.7 Å². The Balaban J connectivity index is 2.45. The summed E-state index contributed by atoms with van der Waals surface area (Å²) in [6, 6.07) is 17.2. The maximum Gasteiger partial charge on any atom is 0.231 e. The summed E-state index contributed by atoms with van der Waals surface area (Å²) in [4.78, 5) is 0. The van der Waals surface area contributed by atoms with Gasteiger partial charge in [-0.2, -0.15) is 0 Å². The molecule has 0 aliphatic rings. The molecule has 0 amide bonds. The van der Waals surface area contributed by atoms with Crippen LogP contribution in [0.15, 0.2) is 54.6 Å². The summed E-state index contributed by atoms with van der Waals surface area (Å²) in [6.45, 7) is 6.16. The molecule has 0 radical (unpaired) electrons. The highest BCUT2D eigenvalue weighted by Gasteiger charge is 2.38. The van der Waals surface area contributed by atoms with Crippen LogP contribution in [0, 0.1) is 0 Å². The van der Waals surface area contributed by atoms with E-state index in [1.807, 2.05) is 75.4 Å². The van der Waals surface area contributed by atoms with Gasteiger partial charge in [-0.15, -0.1) is 0 Å². The highest BCUT2D eigenvalue weighted by atomic mass is 35.5. The topological polar surface area (TPSA) is 38.3 Å². The molecule has 0 saturated carbocycles. The Morgan fingerprint density at radius 3 is 2.22 bits per heavy atom. The fraction of sp³-hybridized carbons (Fsp3) is 0.333. The van der Waals surface area contributed by atoms with Crippen LogP contribution in [-0.2, 0) is 9.09 Å². The lowest BCUT2D eigenvalue weighted by Crippen LogP contribution is -2.18. The third kappa shape index (κ3) is 4.38. The third-order valence-electron chi connectivity index (χ3n) is 3.67. The van der Waals surface area contributed by atoms with Crippen molar-refractivity contribution in [2.75, 3.05) is 11.9 Å². The molecule has 0 fully saturated rings. The first-order valence-electron chi connectivity index (χ1n) is 7.78. The van der Waals surface area contributed by atoms with Crippen LogP contribution in [0.25, 0.3) is 0 Å². The van der Waals surface area contributed by atoms with Crippen LogP contribution in [0.1, 0.15) is 32.1 Å². The van der Waals surface area contributed by atoms with E-state index in [0.29, 0.717) is 11.6 Å². The number of nitrogens with one attached hydrogen (secondary N) is 1. The smallest absolute Gasteiger partial charge is 0.231 e. The largest absolute Gasteiger partial charge is 0.370 e. The molecule has 3 nitrogen and oxygen atoms in total. The van der Waals surface area contributed by atoms with Crippen molar-refractivity contribution in [1.29, 1.82) is 0 Å². The van der Waals surface area contributed by atoms with Gasteiger partial charge in [-0.25, -0.2) is 0 Å². The molecule has 0 saturated heterocycles. The normalized spacial score (nSPS) is 15.2. The van der Waals surface area contributed by atoms with Gasteiger partial charge in [-0.05, 0) is 36.8 Å². The van der Waals surface area contributed by atoms with Gasteiger partial charge >= 0.3 is 0 Å². The molecule has 124 valence electrons. The number of hydrogen-bond donors (Lipinski definition) is 1. The van der Waals surface area contributed by atoms with E-state index in [0.717, 1.165) is 11.3 Å². The van der Waals surface area contributed by atoms with Crippen LogP contribution in [0.3, 0.4) is 0 Å². The molecule has 0 bridgehead atoms. The molecule has 0 aliphatic carbocycles. The zero-order valence-corrected chi connectivity index (χ0v) is 15.3. The van der Waals surface area contributed by atoms with E-state index in [4.69, 9.17) is 16.1 Å². The molecular weight excluding hydrogens is 329 g/mol. The molecule has 5 heteroatoms. The Morgan fingerprint density at radius 1 is 1.09 bits per heavy atom. The molecule has 2 aromatic carbocycles. The van der Waals surface area contributed by atoms with Crippen molar-refractivity contribution < 1.29 is 9.09 Å². The van der Waals surface area contributed by atoms with E-state index in [1.165, 1.54) is 0 Å². The Hall–Kier alpha value is -1.28. The van der Waals surface area contributed by atoms with Gasteiger partial charge in [-0.1, -0.05) is 55.8 Å². The predicted octanol–water partition coefficient (Wildman–Crippen LogP) is 6.17. The molecule has 0 aromatic heterocycles. The molecular formula is C18H23ClNO2P. The molecule has 0 aliphatic heterocycles. The first kappa shape index (κ1) is 18.1. The molecule has 2 rings (SSSR count). The third-order valence-corrected chi connectivity index (χ3v) is 7.17. The number of para-hydroxylation sites is 1. The quantitative estimate of drug-likeness (QED) is 0.606. The summed E-state index contributed by atoms with van der Waals surface area (Å²) >= 11 is 5.99. The van der Waals surface area contributed by atoms with Gasteiger partial charge in [0.15, 0.2) is 0 Å². The van der Waals surface area contributed by atoms with E-state index in [-0.39, 0.29) is 5.66 Å². The van der Waals surface area contributed by atoms with Gasteiger partial charge in [0.05, 0.1) is 6.61 Å². The minimum atomic E-state index is -2.96. The highest BCUT2D eigenvalue weighted by Crippen LogP contribution is 2.63. The highest BCUT2D eigenvalue weighted by molar-refractivity contribution is 7.60. The zero-order valence-electron chi connectivity index (χ0n) is 13.7. The molecule has 2 aromatic rings. The molecule has 23 heavy (non-hydrogen) atoms. The van der Waals surface area contributed by atoms with Crippen molar-refractivity contribution in [1.82, 2.24) is 0 Å². The van der Waals surface area contributed by atoms with Crippen molar-refractivity contribution in [3.63, 3.8) is 0 Å². The van der Waals surface area contributed by atoms with Crippen LogP contribution in [-0.4, -0.2) is 12.3 Å². The summed E-state index contributed by atoms with van der Waals surface area (Å²) in [5.41, 5.74) is 1.72. The fourth-order valence-electron chi connectivity index (χ4n) is 2.44. The van der Waals surface area contributed by atoms with Crippen LogP contribution in [0.5, 0.6) is 0 Å². The lowest BCUT2D eigenvalue weighted by molar-refractivity contribution is 0.322. The van der Waals surface area contributed by atoms with E-state index < -0.39 is 13.2 Å². The molecule has 1 N–H and O–H groups in total. The van der Waals surface area contributed by atoms with Crippen LogP contribution < -0.4 is 5.32 Å². The maximum absolute atomic E-state index is 13.6. The Labute approximate surface area is 143 Å². The Kier molecular flexibility index (Phi) is 6.29. The molecule has 0 heterocycles. The summed E-state index contributed by atoms with van der Waals surface area (Å²) in [6.07, 6.45) is 0. The minimum absolute atomic E-state index is 0.0978. The van der Waals surface area contributed by atoms with Gasteiger partial charge in [0.25, 0.3) is 0 Å². The second kappa shape index (κ2) is 8.01. The SMILES string of the molecule is CCOP(=O)(C(C)C)C(Nc1ccccc1)c1ccc(Cl)cc1. The second-order valence-electron chi connectivity index (χ2n) is 5.62. The van der Waals surface area contributed by atoms with Gasteiger partial charge in [-0.3, -0.25) is 4.57 Å². The molecule has 2 unspecified atom stereocenters. The average Bonchev–Trinajstić information content (AvgIpc) is 2.54. The van der Waals surface area contributed by atoms with Gasteiger partial charge < -0.3 is 9.84 Å². The number of rotatable bonds is 7. The Morgan fingerprint density at radius 2 is 1.70 bits per heavy atom. The first-order valence-corrected chi connectivity index (χ1v) is 9.92. The van der Waals surface area contributed by atoms with E-state index in [9.17, 15) is 4.57 Å². The van der Waals surface area contributed by atoms with Crippen molar-refractivity contribution in [3.05, 3.63) is 65.2 Å². The number of benzene rings is 2. The predicted molar refractivity (Wildman–Crippen MR) is 98.6 cm³/mol. The second-order valence-corrected chi connectivity index (χ2v) is 9.16. The zero-order chi connectivity index (χ0) is 16.9. The van der Waals surface area contributed by atoms with E-state index >= 15 is 0 Å². The van der Waals surface area contributed by atoms with E-state index in [1.54, 1.807) is 0 Å². The number of halogens is 1. The lowest BCUT2D eigenvalue weighted by atomic mass is 10.2. The summed E-state index contributed by atoms with van der Waals surface area (Å²) in [5, 5.41) is 4.05. The van der Waals surface area contributed by atoms with Gasteiger partial charge in [0.2, 0.25) is 7.37 Å². The lowest BCUT2D eigenvalue weighted by Gasteiger charge is -2.32. The van der Waals surface area contributed by atoms with Crippen molar-refractivity contribution in [2.45, 2.75) is 32.2 Å². The standard InChI is InChI=1S/C18H23ClNO2P/c1-4-22-23(21,14(2)3)18(15-10-12-16(19)13-11-15)20-17-8-6-5-7-9-17/h5-14,18,20H,4H2,1-3H3. The first-order chi connectivity index (χ1) is 11.0. The van der Waals surface area contributed by atoms with Crippen molar-refractivity contribution in [2.24, 2.45) is 0 Å². The minimum Gasteiger partial charge on any atom is -0.370 e. The number of hydrogen-bond acceptors (Lipinski definition) is 3. The fourth-order valence-corrected chi connectivity index (χ4v) is 4.93. The van der Waals surface area contributed by atoms with Gasteiger partial charge in [0.1, 0.15) is 5.78 Å². The number of anilines is 1. The summed E-state index contributed by atoms with van der Waals surface area (Å²) in [5.74, 6) is -0.415. The monoisotopic (exact) mass is 351 g/mol. The van der Waals surface area contributed by atoms with Crippen LogP contribution in [0.2, 0.25) is 5.02 Å². The summed E-state index contributed by atoms with van der Waals surface area (Å²) in [7, 11) is -2.96. The van der Waals surface area contributed by atoms with Crippen LogP contribution >= 0.6 is 19.0 Å². The molecule has 2 atom stereocenters. The van der Waals surface area contributed by atoms with E-state index in [2.05, 4.69) is 5.32 Å². The Bertz CT molecular complexity index is 658. The van der Waals surface area contributed by atoms with Crippen molar-refractivity contribution in [3.8, 4) is 0 Å². The molecule has 0 spiro atoms. The maximum atomic E-state index is 13.6. The summed E-state index contributed by atoms with van der Waals surface area (Å²) < 4.78 is 19.4. The van der Waals surface area contributed by atoms with Crippen LogP contribution in [0.4, 0.5) is 5.69 Å². The average molecular weight is 352 g/mol.